The summed E-state index contributed by atoms with van der Waals surface area (Å²) < 4.78 is 0. The Hall–Kier alpha value is -2.50. The zero-order valence-corrected chi connectivity index (χ0v) is 16.2. The standard InChI is InChI=1S/C20H28N6/c1-5-7-9-21-18-17-19(26-20(25-18)22-10-8-6-2)24-16-12-14(4)13(3)11-15(16)23-17/h11-12H,5-10H2,1-4H3,(H2,21,22,24,25,26). The lowest BCUT2D eigenvalue weighted by atomic mass is 10.1. The maximum atomic E-state index is 4.82. The zero-order chi connectivity index (χ0) is 18.5. The number of aryl methyl sites for hydroxylation is 2. The van der Waals surface area contributed by atoms with Gasteiger partial charge in [-0.15, -0.1) is 0 Å². The molecule has 26 heavy (non-hydrogen) atoms. The molecule has 0 amide bonds. The fraction of sp³-hybridized carbons (Fsp3) is 0.500. The summed E-state index contributed by atoms with van der Waals surface area (Å²) in [5.41, 5.74) is 5.55. The number of anilines is 2. The van der Waals surface area contributed by atoms with E-state index in [9.17, 15) is 0 Å². The molecule has 1 aromatic carbocycles. The summed E-state index contributed by atoms with van der Waals surface area (Å²) in [6.07, 6.45) is 4.43. The van der Waals surface area contributed by atoms with Gasteiger partial charge in [-0.3, -0.25) is 0 Å². The van der Waals surface area contributed by atoms with Gasteiger partial charge in [0.15, 0.2) is 17.0 Å². The van der Waals surface area contributed by atoms with Crippen LogP contribution in [0, 0.1) is 13.8 Å². The minimum absolute atomic E-state index is 0.613. The minimum Gasteiger partial charge on any atom is -0.368 e. The molecular weight excluding hydrogens is 324 g/mol. The second kappa shape index (κ2) is 8.25. The van der Waals surface area contributed by atoms with Crippen LogP contribution in [-0.2, 0) is 0 Å². The molecule has 2 N–H and O–H groups in total. The molecule has 0 fully saturated rings. The molecule has 0 aliphatic heterocycles. The highest BCUT2D eigenvalue weighted by atomic mass is 15.2. The summed E-state index contributed by atoms with van der Waals surface area (Å²) in [5, 5.41) is 6.72. The Labute approximate surface area is 154 Å². The van der Waals surface area contributed by atoms with E-state index in [0.717, 1.165) is 61.1 Å². The van der Waals surface area contributed by atoms with Gasteiger partial charge in [0.1, 0.15) is 0 Å². The van der Waals surface area contributed by atoms with E-state index in [1.165, 1.54) is 11.1 Å². The fourth-order valence-corrected chi connectivity index (χ4v) is 2.79. The third kappa shape index (κ3) is 4.00. The first kappa shape index (κ1) is 18.3. The van der Waals surface area contributed by atoms with Gasteiger partial charge in [0.05, 0.1) is 11.0 Å². The van der Waals surface area contributed by atoms with Crippen LogP contribution >= 0.6 is 0 Å². The second-order valence-corrected chi connectivity index (χ2v) is 6.78. The molecule has 0 aliphatic rings. The van der Waals surface area contributed by atoms with Gasteiger partial charge in [-0.25, -0.2) is 9.97 Å². The number of nitrogens with one attached hydrogen (secondary N) is 2. The van der Waals surface area contributed by atoms with Gasteiger partial charge in [-0.1, -0.05) is 26.7 Å². The maximum absolute atomic E-state index is 4.82. The molecule has 0 saturated heterocycles. The van der Waals surface area contributed by atoms with Crippen LogP contribution in [0.3, 0.4) is 0 Å². The fourth-order valence-electron chi connectivity index (χ4n) is 2.79. The Morgan fingerprint density at radius 2 is 1.38 bits per heavy atom. The van der Waals surface area contributed by atoms with E-state index in [0.29, 0.717) is 11.6 Å². The molecule has 0 unspecified atom stereocenters. The molecule has 2 aromatic heterocycles. The van der Waals surface area contributed by atoms with Crippen LogP contribution in [0.2, 0.25) is 0 Å². The average molecular weight is 352 g/mol. The quantitative estimate of drug-likeness (QED) is 0.455. The number of hydrogen-bond acceptors (Lipinski definition) is 6. The van der Waals surface area contributed by atoms with E-state index in [1.54, 1.807) is 0 Å². The van der Waals surface area contributed by atoms with Crippen molar-refractivity contribution in [1.29, 1.82) is 0 Å². The zero-order valence-electron chi connectivity index (χ0n) is 16.2. The third-order valence-electron chi connectivity index (χ3n) is 4.55. The molecule has 0 bridgehead atoms. The molecule has 138 valence electrons. The molecule has 0 radical (unpaired) electrons. The summed E-state index contributed by atoms with van der Waals surface area (Å²) >= 11 is 0. The van der Waals surface area contributed by atoms with Gasteiger partial charge < -0.3 is 10.6 Å². The van der Waals surface area contributed by atoms with E-state index in [4.69, 9.17) is 9.97 Å². The van der Waals surface area contributed by atoms with Crippen LogP contribution in [-0.4, -0.2) is 33.0 Å². The van der Waals surface area contributed by atoms with Crippen molar-refractivity contribution in [2.75, 3.05) is 23.7 Å². The van der Waals surface area contributed by atoms with Crippen molar-refractivity contribution in [2.24, 2.45) is 0 Å². The number of rotatable bonds is 8. The highest BCUT2D eigenvalue weighted by molar-refractivity contribution is 5.91. The molecule has 0 saturated carbocycles. The van der Waals surface area contributed by atoms with Crippen molar-refractivity contribution in [2.45, 2.75) is 53.4 Å². The van der Waals surface area contributed by atoms with Gasteiger partial charge in [0.2, 0.25) is 5.95 Å². The topological polar surface area (TPSA) is 75.6 Å². The van der Waals surface area contributed by atoms with E-state index in [-0.39, 0.29) is 0 Å². The van der Waals surface area contributed by atoms with Crippen molar-refractivity contribution in [1.82, 2.24) is 19.9 Å². The summed E-state index contributed by atoms with van der Waals surface area (Å²) in [6, 6.07) is 4.16. The summed E-state index contributed by atoms with van der Waals surface area (Å²) in [7, 11) is 0. The predicted molar refractivity (Wildman–Crippen MR) is 109 cm³/mol. The molecule has 6 heteroatoms. The third-order valence-corrected chi connectivity index (χ3v) is 4.55. The molecule has 0 spiro atoms. The first-order valence-electron chi connectivity index (χ1n) is 9.56. The first-order chi connectivity index (χ1) is 12.6. The molecule has 0 atom stereocenters. The van der Waals surface area contributed by atoms with Gasteiger partial charge in [-0.05, 0) is 49.9 Å². The Balaban J connectivity index is 2.08. The van der Waals surface area contributed by atoms with Gasteiger partial charge in [0, 0.05) is 13.1 Å². The molecular formula is C20H28N6. The first-order valence-corrected chi connectivity index (χ1v) is 9.56. The van der Waals surface area contributed by atoms with Crippen LogP contribution in [0.5, 0.6) is 0 Å². The molecule has 3 aromatic rings. The largest absolute Gasteiger partial charge is 0.368 e. The van der Waals surface area contributed by atoms with Crippen LogP contribution in [0.25, 0.3) is 22.2 Å². The summed E-state index contributed by atoms with van der Waals surface area (Å²) in [6.45, 7) is 10.3. The molecule has 6 nitrogen and oxygen atoms in total. The van der Waals surface area contributed by atoms with E-state index in [2.05, 4.69) is 60.4 Å². The SMILES string of the molecule is CCCCNc1nc(NCCCC)c2nc3cc(C)c(C)cc3nc2n1. The lowest BCUT2D eigenvalue weighted by Gasteiger charge is -2.12. The minimum atomic E-state index is 0.613. The predicted octanol–water partition coefficient (Wildman–Crippen LogP) is 4.61. The van der Waals surface area contributed by atoms with Gasteiger partial charge >= 0.3 is 0 Å². The van der Waals surface area contributed by atoms with E-state index in [1.807, 2.05) is 0 Å². The van der Waals surface area contributed by atoms with Crippen molar-refractivity contribution in [3.63, 3.8) is 0 Å². The van der Waals surface area contributed by atoms with E-state index >= 15 is 0 Å². The normalized spacial score (nSPS) is 11.2. The number of benzene rings is 1. The Morgan fingerprint density at radius 1 is 0.769 bits per heavy atom. The van der Waals surface area contributed by atoms with Crippen molar-refractivity contribution >= 4 is 34.0 Å². The van der Waals surface area contributed by atoms with Gasteiger partial charge in [0.25, 0.3) is 0 Å². The summed E-state index contributed by atoms with van der Waals surface area (Å²) in [5.74, 6) is 1.37. The molecule has 0 aliphatic carbocycles. The number of aromatic nitrogens is 4. The smallest absolute Gasteiger partial charge is 0.226 e. The number of nitrogens with zero attached hydrogens (tertiary/aromatic N) is 4. The number of unbranched alkanes of at least 4 members (excludes halogenated alkanes) is 2. The van der Waals surface area contributed by atoms with E-state index < -0.39 is 0 Å². The van der Waals surface area contributed by atoms with Crippen molar-refractivity contribution < 1.29 is 0 Å². The van der Waals surface area contributed by atoms with Crippen LogP contribution < -0.4 is 10.6 Å². The van der Waals surface area contributed by atoms with Crippen LogP contribution in [0.15, 0.2) is 12.1 Å². The molecule has 3 rings (SSSR count). The second-order valence-electron chi connectivity index (χ2n) is 6.78. The van der Waals surface area contributed by atoms with Gasteiger partial charge in [-0.2, -0.15) is 9.97 Å². The maximum Gasteiger partial charge on any atom is 0.226 e. The van der Waals surface area contributed by atoms with Crippen molar-refractivity contribution in [3.8, 4) is 0 Å². The summed E-state index contributed by atoms with van der Waals surface area (Å²) in [4.78, 5) is 18.8. The Bertz CT molecular complexity index is 906. The Morgan fingerprint density at radius 3 is 2.04 bits per heavy atom. The number of fused-ring (bicyclic) bond motifs is 2. The monoisotopic (exact) mass is 352 g/mol. The molecule has 2 heterocycles. The lowest BCUT2D eigenvalue weighted by molar-refractivity contribution is 0.822. The average Bonchev–Trinajstić information content (AvgIpc) is 2.62. The van der Waals surface area contributed by atoms with Crippen molar-refractivity contribution in [3.05, 3.63) is 23.3 Å². The lowest BCUT2D eigenvalue weighted by Crippen LogP contribution is -2.10. The highest BCUT2D eigenvalue weighted by Gasteiger charge is 2.12. The highest BCUT2D eigenvalue weighted by Crippen LogP contribution is 2.24. The Kier molecular flexibility index (Phi) is 5.81. The van der Waals surface area contributed by atoms with Crippen LogP contribution in [0.4, 0.5) is 11.8 Å². The number of hydrogen-bond donors (Lipinski definition) is 2. The van der Waals surface area contributed by atoms with Crippen LogP contribution in [0.1, 0.15) is 50.7 Å².